The van der Waals surface area contributed by atoms with E-state index in [4.69, 9.17) is 16.3 Å². The molecule has 0 spiro atoms. The van der Waals surface area contributed by atoms with Crippen molar-refractivity contribution in [2.24, 2.45) is 0 Å². The van der Waals surface area contributed by atoms with Gasteiger partial charge in [0.25, 0.3) is 0 Å². The van der Waals surface area contributed by atoms with Crippen LogP contribution >= 0.6 is 11.6 Å². The van der Waals surface area contributed by atoms with Crippen LogP contribution in [0.15, 0.2) is 0 Å². The van der Waals surface area contributed by atoms with Crippen molar-refractivity contribution in [1.82, 2.24) is 4.90 Å². The average molecular weight is 264 g/mol. The Morgan fingerprint density at radius 2 is 1.82 bits per heavy atom. The van der Waals surface area contributed by atoms with Crippen LogP contribution in [0.4, 0.5) is 4.79 Å². The molecular weight excluding hydrogens is 242 g/mol. The molecule has 0 atom stereocenters. The fraction of sp³-hybridized carbons (Fsp3) is 0.833. The molecule has 4 nitrogen and oxygen atoms in total. The highest BCUT2D eigenvalue weighted by Gasteiger charge is 2.24. The predicted octanol–water partition coefficient (Wildman–Crippen LogP) is 2.83. The van der Waals surface area contributed by atoms with Gasteiger partial charge >= 0.3 is 6.09 Å². The summed E-state index contributed by atoms with van der Waals surface area (Å²) in [5.41, 5.74) is -0.527. The number of carbonyl (C=O) groups excluding carboxylic acids is 2. The van der Waals surface area contributed by atoms with E-state index in [2.05, 4.69) is 0 Å². The zero-order chi connectivity index (χ0) is 13.6. The van der Waals surface area contributed by atoms with Crippen molar-refractivity contribution in [3.05, 3.63) is 0 Å². The molecule has 0 aliphatic carbocycles. The second-order valence-corrected chi connectivity index (χ2v) is 5.46. The normalized spacial score (nSPS) is 11.5. The molecule has 0 saturated heterocycles. The molecule has 17 heavy (non-hydrogen) atoms. The van der Waals surface area contributed by atoms with E-state index in [-0.39, 0.29) is 24.1 Å². The monoisotopic (exact) mass is 263 g/mol. The lowest BCUT2D eigenvalue weighted by atomic mass is 10.2. The number of halogens is 1. The van der Waals surface area contributed by atoms with Gasteiger partial charge in [-0.1, -0.05) is 0 Å². The van der Waals surface area contributed by atoms with Crippen LogP contribution in [0.5, 0.6) is 0 Å². The quantitative estimate of drug-likeness (QED) is 0.717. The van der Waals surface area contributed by atoms with Crippen LogP contribution < -0.4 is 0 Å². The molecule has 1 amide bonds. The minimum absolute atomic E-state index is 0.00650. The highest BCUT2D eigenvalue weighted by atomic mass is 35.5. The summed E-state index contributed by atoms with van der Waals surface area (Å²) in [6, 6.07) is -0.00650. The highest BCUT2D eigenvalue weighted by Crippen LogP contribution is 2.12. The molecule has 0 aromatic rings. The standard InChI is InChI=1S/C12H22ClNO3/c1-9(2)14(7-6-10(15)8-13)11(16)17-12(3,4)5/h9H,6-8H2,1-5H3. The minimum Gasteiger partial charge on any atom is -0.444 e. The first-order valence-corrected chi connectivity index (χ1v) is 6.28. The zero-order valence-electron chi connectivity index (χ0n) is 11.2. The smallest absolute Gasteiger partial charge is 0.410 e. The zero-order valence-corrected chi connectivity index (χ0v) is 12.0. The van der Waals surface area contributed by atoms with Gasteiger partial charge in [-0.25, -0.2) is 4.79 Å². The van der Waals surface area contributed by atoms with Crippen LogP contribution in [-0.4, -0.2) is 40.8 Å². The maximum absolute atomic E-state index is 11.9. The Morgan fingerprint density at radius 3 is 2.18 bits per heavy atom. The van der Waals surface area contributed by atoms with Gasteiger partial charge in [-0.05, 0) is 34.6 Å². The van der Waals surface area contributed by atoms with E-state index in [1.54, 1.807) is 0 Å². The maximum atomic E-state index is 11.9. The summed E-state index contributed by atoms with van der Waals surface area (Å²) >= 11 is 5.42. The van der Waals surface area contributed by atoms with E-state index in [0.717, 1.165) is 0 Å². The van der Waals surface area contributed by atoms with Crippen LogP contribution in [0.3, 0.4) is 0 Å². The van der Waals surface area contributed by atoms with Crippen molar-refractivity contribution in [2.75, 3.05) is 12.4 Å². The van der Waals surface area contributed by atoms with E-state index in [9.17, 15) is 9.59 Å². The van der Waals surface area contributed by atoms with Crippen molar-refractivity contribution in [2.45, 2.75) is 52.7 Å². The van der Waals surface area contributed by atoms with Gasteiger partial charge in [-0.3, -0.25) is 4.79 Å². The molecule has 0 radical (unpaired) electrons. The van der Waals surface area contributed by atoms with Crippen molar-refractivity contribution < 1.29 is 14.3 Å². The second-order valence-electron chi connectivity index (χ2n) is 5.19. The first-order valence-electron chi connectivity index (χ1n) is 5.74. The summed E-state index contributed by atoms with van der Waals surface area (Å²) in [5.74, 6) is -0.0823. The Kier molecular flexibility index (Phi) is 6.53. The Labute approximate surface area is 108 Å². The Bertz CT molecular complexity index is 271. The first kappa shape index (κ1) is 16.2. The number of rotatable bonds is 5. The molecule has 0 rings (SSSR count). The number of ether oxygens (including phenoxy) is 1. The van der Waals surface area contributed by atoms with Gasteiger partial charge in [0.05, 0.1) is 5.88 Å². The molecule has 0 aliphatic heterocycles. The Balaban J connectivity index is 4.42. The molecule has 0 fully saturated rings. The minimum atomic E-state index is -0.527. The molecule has 0 bridgehead atoms. The molecule has 0 aromatic heterocycles. The van der Waals surface area contributed by atoms with E-state index in [0.29, 0.717) is 6.54 Å². The number of ketones is 1. The number of carbonyl (C=O) groups is 2. The number of Topliss-reactive ketones (excluding diaryl/α,β-unsaturated/α-hetero) is 1. The van der Waals surface area contributed by atoms with Gasteiger partial charge in [-0.15, -0.1) is 11.6 Å². The molecule has 0 aromatic carbocycles. The van der Waals surface area contributed by atoms with E-state index in [1.807, 2.05) is 34.6 Å². The van der Waals surface area contributed by atoms with Gasteiger partial charge in [0.1, 0.15) is 11.4 Å². The molecular formula is C12H22ClNO3. The third-order valence-electron chi connectivity index (χ3n) is 2.03. The van der Waals surface area contributed by atoms with Gasteiger partial charge in [0.2, 0.25) is 0 Å². The highest BCUT2D eigenvalue weighted by molar-refractivity contribution is 6.27. The summed E-state index contributed by atoms with van der Waals surface area (Å²) in [5, 5.41) is 0. The predicted molar refractivity (Wildman–Crippen MR) is 68.4 cm³/mol. The SMILES string of the molecule is CC(C)N(CCC(=O)CCl)C(=O)OC(C)(C)C. The fourth-order valence-corrected chi connectivity index (χ4v) is 1.33. The third-order valence-corrected chi connectivity index (χ3v) is 2.33. The van der Waals surface area contributed by atoms with Crippen LogP contribution in [0.25, 0.3) is 0 Å². The number of hydrogen-bond acceptors (Lipinski definition) is 3. The first-order chi connectivity index (χ1) is 7.67. The summed E-state index contributed by atoms with van der Waals surface area (Å²) < 4.78 is 5.27. The van der Waals surface area contributed by atoms with Gasteiger partial charge < -0.3 is 9.64 Å². The number of nitrogens with zero attached hydrogens (tertiary/aromatic N) is 1. The lowest BCUT2D eigenvalue weighted by Crippen LogP contribution is -2.42. The summed E-state index contributed by atoms with van der Waals surface area (Å²) in [4.78, 5) is 24.5. The van der Waals surface area contributed by atoms with E-state index < -0.39 is 11.7 Å². The van der Waals surface area contributed by atoms with Crippen LogP contribution in [-0.2, 0) is 9.53 Å². The lowest BCUT2D eigenvalue weighted by Gasteiger charge is -2.29. The summed E-state index contributed by atoms with van der Waals surface area (Å²) in [6.07, 6.45) is -0.129. The molecule has 0 saturated carbocycles. The van der Waals surface area contributed by atoms with Crippen LogP contribution in [0.1, 0.15) is 41.0 Å². The fourth-order valence-electron chi connectivity index (χ4n) is 1.19. The largest absolute Gasteiger partial charge is 0.444 e. The molecule has 100 valence electrons. The topological polar surface area (TPSA) is 46.6 Å². The van der Waals surface area contributed by atoms with Crippen molar-refractivity contribution in [3.8, 4) is 0 Å². The van der Waals surface area contributed by atoms with Gasteiger partial charge in [-0.2, -0.15) is 0 Å². The molecule has 0 aliphatic rings. The maximum Gasteiger partial charge on any atom is 0.410 e. The van der Waals surface area contributed by atoms with Crippen molar-refractivity contribution in [3.63, 3.8) is 0 Å². The molecule has 0 heterocycles. The molecule has 0 unspecified atom stereocenters. The lowest BCUT2D eigenvalue weighted by molar-refractivity contribution is -0.117. The van der Waals surface area contributed by atoms with Gasteiger partial charge in [0, 0.05) is 19.0 Å². The van der Waals surface area contributed by atoms with E-state index >= 15 is 0 Å². The van der Waals surface area contributed by atoms with Gasteiger partial charge in [0.15, 0.2) is 0 Å². The Morgan fingerprint density at radius 1 is 1.29 bits per heavy atom. The number of alkyl halides is 1. The molecule has 0 N–H and O–H groups in total. The van der Waals surface area contributed by atoms with Crippen LogP contribution in [0, 0.1) is 0 Å². The van der Waals surface area contributed by atoms with E-state index in [1.165, 1.54) is 4.90 Å². The number of amides is 1. The van der Waals surface area contributed by atoms with Crippen molar-refractivity contribution in [1.29, 1.82) is 0 Å². The third kappa shape index (κ3) is 7.21. The summed E-state index contributed by atoms with van der Waals surface area (Å²) in [7, 11) is 0. The Hall–Kier alpha value is -0.770. The number of hydrogen-bond donors (Lipinski definition) is 0. The average Bonchev–Trinajstić information content (AvgIpc) is 2.14. The summed E-state index contributed by atoms with van der Waals surface area (Å²) in [6.45, 7) is 9.55. The second kappa shape index (κ2) is 6.84. The molecule has 5 heteroatoms. The van der Waals surface area contributed by atoms with Crippen LogP contribution in [0.2, 0.25) is 0 Å². The van der Waals surface area contributed by atoms with Crippen molar-refractivity contribution >= 4 is 23.5 Å².